The first-order valence-electron chi connectivity index (χ1n) is 6.83. The van der Waals surface area contributed by atoms with Gasteiger partial charge in [-0.1, -0.05) is 6.07 Å². The van der Waals surface area contributed by atoms with Gasteiger partial charge in [0.25, 0.3) is 0 Å². The molecule has 0 radical (unpaired) electrons. The number of hydrogen-bond donors (Lipinski definition) is 2. The quantitative estimate of drug-likeness (QED) is 0.877. The Morgan fingerprint density at radius 3 is 3.11 bits per heavy atom. The molecule has 1 aliphatic carbocycles. The lowest BCUT2D eigenvalue weighted by molar-refractivity contribution is -0.121. The SMILES string of the molecule is O=C(Cc1cccs1)NC1CCNC2(CCC2)C1. The second-order valence-electron chi connectivity index (χ2n) is 5.57. The van der Waals surface area contributed by atoms with Crippen LogP contribution in [0.15, 0.2) is 17.5 Å². The van der Waals surface area contributed by atoms with Crippen molar-refractivity contribution in [2.24, 2.45) is 0 Å². The van der Waals surface area contributed by atoms with Crippen molar-refractivity contribution in [3.8, 4) is 0 Å². The number of carbonyl (C=O) groups is 1. The Kier molecular flexibility index (Phi) is 3.39. The minimum atomic E-state index is 0.179. The molecule has 1 saturated carbocycles. The molecule has 2 fully saturated rings. The number of thiophene rings is 1. The van der Waals surface area contributed by atoms with Crippen LogP contribution in [0.4, 0.5) is 0 Å². The first-order valence-corrected chi connectivity index (χ1v) is 7.71. The molecule has 0 bridgehead atoms. The minimum Gasteiger partial charge on any atom is -0.353 e. The monoisotopic (exact) mass is 264 g/mol. The second-order valence-corrected chi connectivity index (χ2v) is 6.61. The van der Waals surface area contributed by atoms with Crippen molar-refractivity contribution in [3.63, 3.8) is 0 Å². The fraction of sp³-hybridized carbons (Fsp3) is 0.643. The van der Waals surface area contributed by atoms with Gasteiger partial charge in [-0.15, -0.1) is 11.3 Å². The van der Waals surface area contributed by atoms with E-state index in [1.807, 2.05) is 17.5 Å². The van der Waals surface area contributed by atoms with Crippen LogP contribution in [-0.4, -0.2) is 24.0 Å². The molecule has 1 aromatic heterocycles. The van der Waals surface area contributed by atoms with Crippen LogP contribution >= 0.6 is 11.3 Å². The van der Waals surface area contributed by atoms with Crippen molar-refractivity contribution in [1.82, 2.24) is 10.6 Å². The zero-order chi connectivity index (χ0) is 12.4. The zero-order valence-corrected chi connectivity index (χ0v) is 11.4. The van der Waals surface area contributed by atoms with E-state index in [0.29, 0.717) is 18.0 Å². The largest absolute Gasteiger partial charge is 0.353 e. The smallest absolute Gasteiger partial charge is 0.225 e. The van der Waals surface area contributed by atoms with Gasteiger partial charge in [-0.05, 0) is 50.1 Å². The molecule has 2 aliphatic rings. The standard InChI is InChI=1S/C14H20N2OS/c17-13(9-12-3-1-8-18-12)16-11-4-7-15-14(10-11)5-2-6-14/h1,3,8,11,15H,2,4-7,9-10H2,(H,16,17). The summed E-state index contributed by atoms with van der Waals surface area (Å²) in [6.45, 7) is 1.05. The number of rotatable bonds is 3. The summed E-state index contributed by atoms with van der Waals surface area (Å²) in [6.07, 6.45) is 6.62. The lowest BCUT2D eigenvalue weighted by Gasteiger charge is -2.48. The summed E-state index contributed by atoms with van der Waals surface area (Å²) in [5, 5.41) is 8.86. The molecule has 1 aromatic rings. The van der Waals surface area contributed by atoms with Gasteiger partial charge in [0.15, 0.2) is 0 Å². The van der Waals surface area contributed by atoms with Crippen LogP contribution in [0, 0.1) is 0 Å². The van der Waals surface area contributed by atoms with Gasteiger partial charge >= 0.3 is 0 Å². The van der Waals surface area contributed by atoms with Gasteiger partial charge in [0, 0.05) is 16.5 Å². The molecule has 1 amide bonds. The second kappa shape index (κ2) is 5.02. The molecule has 1 saturated heterocycles. The summed E-state index contributed by atoms with van der Waals surface area (Å²) >= 11 is 1.66. The summed E-state index contributed by atoms with van der Waals surface area (Å²) in [6, 6.07) is 4.40. The van der Waals surface area contributed by atoms with E-state index in [1.165, 1.54) is 19.3 Å². The molecule has 1 atom stereocenters. The maximum atomic E-state index is 12.0. The Hall–Kier alpha value is -0.870. The maximum Gasteiger partial charge on any atom is 0.225 e. The fourth-order valence-electron chi connectivity index (χ4n) is 3.12. The van der Waals surface area contributed by atoms with E-state index in [-0.39, 0.29) is 5.91 Å². The topological polar surface area (TPSA) is 41.1 Å². The van der Waals surface area contributed by atoms with Gasteiger partial charge in [-0.2, -0.15) is 0 Å². The van der Waals surface area contributed by atoms with Gasteiger partial charge in [-0.3, -0.25) is 4.79 Å². The number of piperidine rings is 1. The molecule has 1 unspecified atom stereocenters. The average molecular weight is 264 g/mol. The highest BCUT2D eigenvalue weighted by molar-refractivity contribution is 7.10. The van der Waals surface area contributed by atoms with Crippen LogP contribution < -0.4 is 10.6 Å². The Morgan fingerprint density at radius 1 is 1.56 bits per heavy atom. The number of hydrogen-bond acceptors (Lipinski definition) is 3. The average Bonchev–Trinajstić information content (AvgIpc) is 2.80. The molecule has 0 aromatic carbocycles. The highest BCUT2D eigenvalue weighted by atomic mass is 32.1. The van der Waals surface area contributed by atoms with Crippen LogP contribution in [0.5, 0.6) is 0 Å². The fourth-order valence-corrected chi connectivity index (χ4v) is 3.82. The molecule has 2 heterocycles. The van der Waals surface area contributed by atoms with Crippen molar-refractivity contribution >= 4 is 17.2 Å². The third-order valence-electron chi connectivity index (χ3n) is 4.22. The molecule has 3 nitrogen and oxygen atoms in total. The van der Waals surface area contributed by atoms with E-state index in [4.69, 9.17) is 0 Å². The highest BCUT2D eigenvalue weighted by Crippen LogP contribution is 2.38. The van der Waals surface area contributed by atoms with Crippen molar-refractivity contribution in [2.45, 2.75) is 50.1 Å². The van der Waals surface area contributed by atoms with E-state index in [0.717, 1.165) is 24.3 Å². The molecular formula is C14H20N2OS. The van der Waals surface area contributed by atoms with E-state index >= 15 is 0 Å². The molecule has 3 rings (SSSR count). The third-order valence-corrected chi connectivity index (χ3v) is 5.10. The Balaban J connectivity index is 1.51. The summed E-state index contributed by atoms with van der Waals surface area (Å²) in [5.41, 5.74) is 0.360. The van der Waals surface area contributed by atoms with Crippen molar-refractivity contribution in [2.75, 3.05) is 6.54 Å². The third kappa shape index (κ3) is 2.59. The van der Waals surface area contributed by atoms with Crippen LogP contribution in [0.25, 0.3) is 0 Å². The Labute approximate surface area is 112 Å². The van der Waals surface area contributed by atoms with E-state index in [2.05, 4.69) is 10.6 Å². The van der Waals surface area contributed by atoms with Crippen LogP contribution in [0.1, 0.15) is 37.0 Å². The molecule has 1 aliphatic heterocycles. The molecule has 4 heteroatoms. The van der Waals surface area contributed by atoms with Crippen molar-refractivity contribution in [1.29, 1.82) is 0 Å². The summed E-state index contributed by atoms with van der Waals surface area (Å²) in [7, 11) is 0. The predicted octanol–water partition coefficient (Wildman–Crippen LogP) is 2.08. The normalized spacial score (nSPS) is 25.7. The molecular weight excluding hydrogens is 244 g/mol. The first-order chi connectivity index (χ1) is 8.76. The van der Waals surface area contributed by atoms with Crippen molar-refractivity contribution < 1.29 is 4.79 Å². The summed E-state index contributed by atoms with van der Waals surface area (Å²) < 4.78 is 0. The number of amides is 1. The van der Waals surface area contributed by atoms with Crippen LogP contribution in [0.2, 0.25) is 0 Å². The molecule has 98 valence electrons. The molecule has 2 N–H and O–H groups in total. The van der Waals surface area contributed by atoms with Gasteiger partial charge in [-0.25, -0.2) is 0 Å². The van der Waals surface area contributed by atoms with E-state index in [1.54, 1.807) is 11.3 Å². The predicted molar refractivity (Wildman–Crippen MR) is 73.8 cm³/mol. The van der Waals surface area contributed by atoms with Gasteiger partial charge in [0.05, 0.1) is 6.42 Å². The van der Waals surface area contributed by atoms with Crippen LogP contribution in [-0.2, 0) is 11.2 Å². The molecule has 18 heavy (non-hydrogen) atoms. The van der Waals surface area contributed by atoms with E-state index in [9.17, 15) is 4.79 Å². The minimum absolute atomic E-state index is 0.179. The lowest BCUT2D eigenvalue weighted by Crippen LogP contribution is -2.59. The van der Waals surface area contributed by atoms with Gasteiger partial charge in [0.2, 0.25) is 5.91 Å². The zero-order valence-electron chi connectivity index (χ0n) is 10.6. The van der Waals surface area contributed by atoms with Gasteiger partial charge < -0.3 is 10.6 Å². The number of nitrogens with one attached hydrogen (secondary N) is 2. The lowest BCUT2D eigenvalue weighted by atomic mass is 9.70. The van der Waals surface area contributed by atoms with E-state index < -0.39 is 0 Å². The maximum absolute atomic E-state index is 12.0. The van der Waals surface area contributed by atoms with Crippen LogP contribution in [0.3, 0.4) is 0 Å². The summed E-state index contributed by atoms with van der Waals surface area (Å²) in [5.74, 6) is 0.179. The van der Waals surface area contributed by atoms with Gasteiger partial charge in [0.1, 0.15) is 0 Å². The van der Waals surface area contributed by atoms with Crippen molar-refractivity contribution in [3.05, 3.63) is 22.4 Å². The first kappa shape index (κ1) is 12.2. The highest BCUT2D eigenvalue weighted by Gasteiger charge is 2.41. The Morgan fingerprint density at radius 2 is 2.44 bits per heavy atom. The molecule has 1 spiro atoms. The Bertz CT molecular complexity index is 411. The number of carbonyl (C=O) groups excluding carboxylic acids is 1. The summed E-state index contributed by atoms with van der Waals surface area (Å²) in [4.78, 5) is 13.1.